The lowest BCUT2D eigenvalue weighted by molar-refractivity contribution is 0.100. The van der Waals surface area contributed by atoms with Gasteiger partial charge in [0.05, 0.1) is 5.56 Å². The first-order chi connectivity index (χ1) is 8.70. The average molecular weight is 267 g/mol. The molecule has 0 saturated heterocycles. The van der Waals surface area contributed by atoms with Crippen molar-refractivity contribution < 1.29 is 4.79 Å². The van der Waals surface area contributed by atoms with Gasteiger partial charge in [-0.25, -0.2) is 0 Å². The molecule has 100 valence electrons. The number of hydrogen-bond donors (Lipinski definition) is 2. The van der Waals surface area contributed by atoms with Crippen LogP contribution in [0.3, 0.4) is 0 Å². The van der Waals surface area contributed by atoms with Crippen molar-refractivity contribution in [3.63, 3.8) is 0 Å². The van der Waals surface area contributed by atoms with Crippen molar-refractivity contribution >= 4 is 17.2 Å². The number of nitrogens with two attached hydrogens (primary N) is 1. The Kier molecular flexibility index (Phi) is 4.74. The minimum atomic E-state index is -0.344. The van der Waals surface area contributed by atoms with Gasteiger partial charge in [0, 0.05) is 35.9 Å². The lowest BCUT2D eigenvalue weighted by atomic mass is 10.3. The maximum absolute atomic E-state index is 11.0. The highest BCUT2D eigenvalue weighted by Gasteiger charge is 2.26. The second kappa shape index (κ2) is 6.31. The number of amides is 1. The van der Waals surface area contributed by atoms with Crippen LogP contribution in [-0.2, 0) is 6.54 Å². The maximum atomic E-state index is 11.0. The quantitative estimate of drug-likeness (QED) is 0.700. The zero-order valence-corrected chi connectivity index (χ0v) is 11.6. The molecule has 18 heavy (non-hydrogen) atoms. The molecule has 0 spiro atoms. The van der Waals surface area contributed by atoms with Crippen LogP contribution in [0.5, 0.6) is 0 Å². The van der Waals surface area contributed by atoms with Gasteiger partial charge < -0.3 is 11.1 Å². The molecule has 2 rings (SSSR count). The summed E-state index contributed by atoms with van der Waals surface area (Å²) in [5.74, 6) is -0.344. The Morgan fingerprint density at radius 3 is 2.94 bits per heavy atom. The molecule has 0 radical (unpaired) electrons. The summed E-state index contributed by atoms with van der Waals surface area (Å²) in [4.78, 5) is 14.6. The highest BCUT2D eigenvalue weighted by molar-refractivity contribution is 7.10. The number of carbonyl (C=O) groups is 1. The van der Waals surface area contributed by atoms with Crippen molar-refractivity contribution in [1.29, 1.82) is 0 Å². The monoisotopic (exact) mass is 267 g/mol. The Bertz CT molecular complexity index is 401. The zero-order valence-electron chi connectivity index (χ0n) is 10.8. The highest BCUT2D eigenvalue weighted by atomic mass is 32.1. The number of thiophene rings is 1. The number of hydrogen-bond acceptors (Lipinski definition) is 4. The standard InChI is InChI=1S/C13H21N3OS/c1-2-16(11-3-4-11)6-5-15-8-12-7-10(9-18-12)13(14)17/h7,9,11,15H,2-6,8H2,1H3,(H2,14,17). The Labute approximate surface area is 112 Å². The van der Waals surface area contributed by atoms with E-state index in [0.717, 1.165) is 32.2 Å². The number of carbonyl (C=O) groups excluding carboxylic acids is 1. The number of primary amides is 1. The first-order valence-corrected chi connectivity index (χ1v) is 7.40. The lowest BCUT2D eigenvalue weighted by Gasteiger charge is -2.19. The van der Waals surface area contributed by atoms with Crippen molar-refractivity contribution in [3.05, 3.63) is 21.9 Å². The van der Waals surface area contributed by atoms with Crippen LogP contribution in [0, 0.1) is 0 Å². The largest absolute Gasteiger partial charge is 0.366 e. The van der Waals surface area contributed by atoms with Gasteiger partial charge >= 0.3 is 0 Å². The van der Waals surface area contributed by atoms with Gasteiger partial charge in [-0.1, -0.05) is 6.92 Å². The summed E-state index contributed by atoms with van der Waals surface area (Å²) in [6, 6.07) is 2.71. The van der Waals surface area contributed by atoms with Crippen LogP contribution in [0.25, 0.3) is 0 Å². The Morgan fingerprint density at radius 1 is 1.61 bits per heavy atom. The Hall–Kier alpha value is -0.910. The summed E-state index contributed by atoms with van der Waals surface area (Å²) >= 11 is 1.58. The van der Waals surface area contributed by atoms with Crippen LogP contribution < -0.4 is 11.1 Å². The molecule has 3 N–H and O–H groups in total. The van der Waals surface area contributed by atoms with Crippen molar-refractivity contribution in [2.75, 3.05) is 19.6 Å². The fourth-order valence-corrected chi connectivity index (χ4v) is 2.92. The minimum Gasteiger partial charge on any atom is -0.366 e. The maximum Gasteiger partial charge on any atom is 0.249 e. The van der Waals surface area contributed by atoms with E-state index in [-0.39, 0.29) is 5.91 Å². The van der Waals surface area contributed by atoms with Gasteiger partial charge in [-0.2, -0.15) is 0 Å². The fraction of sp³-hybridized carbons (Fsp3) is 0.615. The number of likely N-dealkylation sites (N-methyl/N-ethyl adjacent to an activating group) is 1. The van der Waals surface area contributed by atoms with Crippen molar-refractivity contribution in [3.8, 4) is 0 Å². The van der Waals surface area contributed by atoms with Gasteiger partial charge in [-0.15, -0.1) is 11.3 Å². The molecular formula is C13H21N3OS. The molecule has 1 aromatic heterocycles. The normalized spacial score (nSPS) is 15.2. The van der Waals surface area contributed by atoms with Crippen LogP contribution in [-0.4, -0.2) is 36.5 Å². The van der Waals surface area contributed by atoms with E-state index in [1.165, 1.54) is 17.7 Å². The second-order valence-corrected chi connectivity index (χ2v) is 5.70. The number of nitrogens with one attached hydrogen (secondary N) is 1. The van der Waals surface area contributed by atoms with Gasteiger partial charge in [0.15, 0.2) is 0 Å². The van der Waals surface area contributed by atoms with Crippen LogP contribution in [0.4, 0.5) is 0 Å². The van der Waals surface area contributed by atoms with Gasteiger partial charge in [0.2, 0.25) is 5.91 Å². The number of rotatable bonds is 8. The molecule has 1 aromatic rings. The van der Waals surface area contributed by atoms with Crippen LogP contribution >= 0.6 is 11.3 Å². The molecule has 1 aliphatic rings. The minimum absolute atomic E-state index is 0.344. The number of nitrogens with zero attached hydrogens (tertiary/aromatic N) is 1. The molecular weight excluding hydrogens is 246 g/mol. The zero-order chi connectivity index (χ0) is 13.0. The molecule has 1 heterocycles. The van der Waals surface area contributed by atoms with E-state index in [2.05, 4.69) is 17.1 Å². The van der Waals surface area contributed by atoms with E-state index in [0.29, 0.717) is 5.56 Å². The summed E-state index contributed by atoms with van der Waals surface area (Å²) < 4.78 is 0. The molecule has 1 aliphatic carbocycles. The van der Waals surface area contributed by atoms with E-state index in [1.54, 1.807) is 11.3 Å². The van der Waals surface area contributed by atoms with E-state index in [4.69, 9.17) is 5.73 Å². The SMILES string of the molecule is CCN(CCNCc1cc(C(N)=O)cs1)C1CC1. The van der Waals surface area contributed by atoms with Gasteiger partial charge in [0.1, 0.15) is 0 Å². The van der Waals surface area contributed by atoms with Gasteiger partial charge in [-0.3, -0.25) is 9.69 Å². The topological polar surface area (TPSA) is 58.4 Å². The Balaban J connectivity index is 1.66. The first kappa shape index (κ1) is 13.5. The van der Waals surface area contributed by atoms with E-state index >= 15 is 0 Å². The molecule has 0 unspecified atom stereocenters. The van der Waals surface area contributed by atoms with E-state index in [1.807, 2.05) is 11.4 Å². The molecule has 1 saturated carbocycles. The van der Waals surface area contributed by atoms with Crippen molar-refractivity contribution in [1.82, 2.24) is 10.2 Å². The molecule has 5 heteroatoms. The molecule has 4 nitrogen and oxygen atoms in total. The molecule has 1 amide bonds. The third kappa shape index (κ3) is 3.80. The smallest absolute Gasteiger partial charge is 0.249 e. The molecule has 0 atom stereocenters. The summed E-state index contributed by atoms with van der Waals surface area (Å²) in [5.41, 5.74) is 5.84. The molecule has 0 aliphatic heterocycles. The van der Waals surface area contributed by atoms with E-state index in [9.17, 15) is 4.79 Å². The lowest BCUT2D eigenvalue weighted by Crippen LogP contribution is -2.33. The van der Waals surface area contributed by atoms with Gasteiger partial charge in [-0.05, 0) is 25.5 Å². The highest BCUT2D eigenvalue weighted by Crippen LogP contribution is 2.25. The van der Waals surface area contributed by atoms with Crippen molar-refractivity contribution in [2.24, 2.45) is 5.73 Å². The predicted molar refractivity (Wildman–Crippen MR) is 74.8 cm³/mol. The summed E-state index contributed by atoms with van der Waals surface area (Å²) in [7, 11) is 0. The predicted octanol–water partition coefficient (Wildman–Crippen LogP) is 1.42. The van der Waals surface area contributed by atoms with Crippen LogP contribution in [0.1, 0.15) is 35.0 Å². The van der Waals surface area contributed by atoms with Gasteiger partial charge in [0.25, 0.3) is 0 Å². The van der Waals surface area contributed by atoms with E-state index < -0.39 is 0 Å². The first-order valence-electron chi connectivity index (χ1n) is 6.52. The fourth-order valence-electron chi connectivity index (χ4n) is 2.08. The summed E-state index contributed by atoms with van der Waals surface area (Å²) in [6.07, 6.45) is 2.72. The summed E-state index contributed by atoms with van der Waals surface area (Å²) in [5, 5.41) is 5.24. The van der Waals surface area contributed by atoms with Crippen LogP contribution in [0.15, 0.2) is 11.4 Å². The van der Waals surface area contributed by atoms with Crippen molar-refractivity contribution in [2.45, 2.75) is 32.4 Å². The molecule has 0 bridgehead atoms. The molecule has 1 fully saturated rings. The third-order valence-corrected chi connectivity index (χ3v) is 4.22. The third-order valence-electron chi connectivity index (χ3n) is 3.28. The summed E-state index contributed by atoms with van der Waals surface area (Å²) in [6.45, 7) is 6.28. The Morgan fingerprint density at radius 2 is 2.39 bits per heavy atom. The second-order valence-electron chi connectivity index (χ2n) is 4.70. The van der Waals surface area contributed by atoms with Crippen LogP contribution in [0.2, 0.25) is 0 Å². The molecule has 0 aromatic carbocycles. The average Bonchev–Trinajstić information content (AvgIpc) is 3.07.